The summed E-state index contributed by atoms with van der Waals surface area (Å²) in [6.07, 6.45) is 2.07. The van der Waals surface area contributed by atoms with Crippen LogP contribution < -0.4 is 4.90 Å². The second-order valence-electron chi connectivity index (χ2n) is 11.7. The van der Waals surface area contributed by atoms with E-state index in [1.807, 2.05) is 0 Å². The van der Waals surface area contributed by atoms with E-state index >= 15 is 0 Å². The predicted molar refractivity (Wildman–Crippen MR) is 184 cm³/mol. The van der Waals surface area contributed by atoms with Gasteiger partial charge in [-0.15, -0.1) is 0 Å². The van der Waals surface area contributed by atoms with E-state index in [0.29, 0.717) is 0 Å². The minimum Gasteiger partial charge on any atom is -0.309 e. The Kier molecular flexibility index (Phi) is 5.39. The van der Waals surface area contributed by atoms with Crippen molar-refractivity contribution >= 4 is 60.2 Å². The predicted octanol–water partition coefficient (Wildman–Crippen LogP) is 11.5. The third-order valence-electron chi connectivity index (χ3n) is 9.27. The van der Waals surface area contributed by atoms with Crippen LogP contribution in [0.25, 0.3) is 54.2 Å². The second kappa shape index (κ2) is 9.58. The molecule has 0 saturated heterocycles. The highest BCUT2D eigenvalue weighted by molar-refractivity contribution is 6.26. The molecule has 1 aliphatic rings. The Hall–Kier alpha value is -5.40. The molecule has 8 aromatic carbocycles. The minimum absolute atomic E-state index is 1.03. The van der Waals surface area contributed by atoms with Crippen molar-refractivity contribution < 1.29 is 0 Å². The Morgan fingerprint density at radius 2 is 0.930 bits per heavy atom. The number of fused-ring (bicyclic) bond motifs is 8. The van der Waals surface area contributed by atoms with Crippen molar-refractivity contribution in [1.82, 2.24) is 0 Å². The van der Waals surface area contributed by atoms with E-state index in [1.165, 1.54) is 82.4 Å². The van der Waals surface area contributed by atoms with E-state index < -0.39 is 0 Å². The fraction of sp³-hybridized carbons (Fsp3) is 0.0476. The van der Waals surface area contributed by atoms with Crippen LogP contribution >= 0.6 is 0 Å². The van der Waals surface area contributed by atoms with E-state index in [0.717, 1.165) is 12.8 Å². The molecule has 43 heavy (non-hydrogen) atoms. The summed E-state index contributed by atoms with van der Waals surface area (Å²) >= 11 is 0. The average Bonchev–Trinajstić information content (AvgIpc) is 3.24. The fourth-order valence-corrected chi connectivity index (χ4v) is 7.28. The summed E-state index contributed by atoms with van der Waals surface area (Å²) in [5.41, 5.74) is 9.06. The molecule has 1 aliphatic heterocycles. The van der Waals surface area contributed by atoms with Gasteiger partial charge in [0.2, 0.25) is 0 Å². The molecule has 8 aromatic rings. The monoisotopic (exact) mass is 547 g/mol. The molecule has 9 rings (SSSR count). The lowest BCUT2D eigenvalue weighted by molar-refractivity contribution is 0.977. The van der Waals surface area contributed by atoms with Crippen LogP contribution in [0.4, 0.5) is 17.1 Å². The smallest absolute Gasteiger partial charge is 0.0546 e. The van der Waals surface area contributed by atoms with Crippen LogP contribution in [0, 0.1) is 0 Å². The van der Waals surface area contributed by atoms with Crippen molar-refractivity contribution in [3.63, 3.8) is 0 Å². The minimum atomic E-state index is 1.03. The molecule has 0 N–H and O–H groups in total. The molecule has 0 aromatic heterocycles. The number of benzene rings is 8. The number of para-hydroxylation sites is 2. The molecule has 0 aliphatic carbocycles. The van der Waals surface area contributed by atoms with Gasteiger partial charge in [-0.2, -0.15) is 0 Å². The standard InChI is InChI=1S/C42H29N/c1-2-14-31-25-32(24-21-28(31)11-1)38-26-33-27-41(35-16-6-8-18-37(35)42(33)36-17-7-5-15-34(36)38)43-39-19-9-3-12-29(39)22-23-30-13-4-10-20-40(30)43/h1-21,24-27H,22-23H2. The number of anilines is 3. The zero-order valence-corrected chi connectivity index (χ0v) is 23.8. The summed E-state index contributed by atoms with van der Waals surface area (Å²) in [4.78, 5) is 2.52. The van der Waals surface area contributed by atoms with Crippen LogP contribution in [0.15, 0.2) is 152 Å². The summed E-state index contributed by atoms with van der Waals surface area (Å²) in [5, 5.41) is 10.2. The van der Waals surface area contributed by atoms with Crippen molar-refractivity contribution in [1.29, 1.82) is 0 Å². The largest absolute Gasteiger partial charge is 0.309 e. The molecular weight excluding hydrogens is 518 g/mol. The molecule has 1 nitrogen and oxygen atoms in total. The summed E-state index contributed by atoms with van der Waals surface area (Å²) in [5.74, 6) is 0. The van der Waals surface area contributed by atoms with E-state index in [-0.39, 0.29) is 0 Å². The van der Waals surface area contributed by atoms with Gasteiger partial charge < -0.3 is 4.90 Å². The van der Waals surface area contributed by atoms with Crippen LogP contribution in [0.3, 0.4) is 0 Å². The highest BCUT2D eigenvalue weighted by Gasteiger charge is 2.24. The molecule has 0 fully saturated rings. The number of nitrogens with zero attached hydrogens (tertiary/aromatic N) is 1. The van der Waals surface area contributed by atoms with E-state index in [4.69, 9.17) is 0 Å². The molecule has 0 unspecified atom stereocenters. The molecule has 1 heteroatoms. The molecule has 0 amide bonds. The lowest BCUT2D eigenvalue weighted by Gasteiger charge is -2.29. The topological polar surface area (TPSA) is 3.24 Å². The Bertz CT molecular complexity index is 2320. The van der Waals surface area contributed by atoms with Crippen molar-refractivity contribution in [2.75, 3.05) is 4.90 Å². The lowest BCUT2D eigenvalue weighted by Crippen LogP contribution is -2.12. The molecule has 0 spiro atoms. The Labute approximate surface area is 251 Å². The second-order valence-corrected chi connectivity index (χ2v) is 11.7. The first-order valence-corrected chi connectivity index (χ1v) is 15.2. The van der Waals surface area contributed by atoms with Crippen LogP contribution in [-0.2, 0) is 12.8 Å². The summed E-state index contributed by atoms with van der Waals surface area (Å²) in [7, 11) is 0. The maximum atomic E-state index is 2.52. The first kappa shape index (κ1) is 24.2. The normalized spacial score (nSPS) is 12.9. The first-order valence-electron chi connectivity index (χ1n) is 15.2. The van der Waals surface area contributed by atoms with Gasteiger partial charge in [-0.3, -0.25) is 0 Å². The van der Waals surface area contributed by atoms with Crippen LogP contribution in [-0.4, -0.2) is 0 Å². The maximum absolute atomic E-state index is 2.52. The first-order chi connectivity index (χ1) is 21.3. The molecule has 202 valence electrons. The van der Waals surface area contributed by atoms with E-state index in [2.05, 4.69) is 157 Å². The van der Waals surface area contributed by atoms with Gasteiger partial charge in [0, 0.05) is 16.8 Å². The molecule has 0 bridgehead atoms. The zero-order chi connectivity index (χ0) is 28.3. The van der Waals surface area contributed by atoms with Gasteiger partial charge in [0.05, 0.1) is 5.69 Å². The van der Waals surface area contributed by atoms with Crippen LogP contribution in [0.1, 0.15) is 11.1 Å². The number of hydrogen-bond donors (Lipinski definition) is 0. The number of rotatable bonds is 2. The van der Waals surface area contributed by atoms with E-state index in [9.17, 15) is 0 Å². The summed E-state index contributed by atoms with van der Waals surface area (Å²) in [6.45, 7) is 0. The summed E-state index contributed by atoms with van der Waals surface area (Å²) < 4.78 is 0. The van der Waals surface area contributed by atoms with Gasteiger partial charge in [-0.25, -0.2) is 0 Å². The molecule has 0 saturated carbocycles. The van der Waals surface area contributed by atoms with Crippen LogP contribution in [0.5, 0.6) is 0 Å². The van der Waals surface area contributed by atoms with Gasteiger partial charge >= 0.3 is 0 Å². The third-order valence-corrected chi connectivity index (χ3v) is 9.27. The number of aryl methyl sites for hydroxylation is 2. The Morgan fingerprint density at radius 3 is 1.65 bits per heavy atom. The summed E-state index contributed by atoms with van der Waals surface area (Å²) in [6, 6.07) is 56.1. The molecule has 0 radical (unpaired) electrons. The van der Waals surface area contributed by atoms with Gasteiger partial charge in [-0.05, 0) is 103 Å². The SMILES string of the molecule is c1ccc2c(c1)CCc1ccccc1N2c1cc2cc(-c3ccc4ccccc4c3)c3ccccc3c2c2ccccc12. The molecular formula is C42H29N. The Morgan fingerprint density at radius 1 is 0.372 bits per heavy atom. The quantitative estimate of drug-likeness (QED) is 0.195. The van der Waals surface area contributed by atoms with Crippen molar-refractivity contribution in [2.45, 2.75) is 12.8 Å². The highest BCUT2D eigenvalue weighted by atomic mass is 15.2. The van der Waals surface area contributed by atoms with Gasteiger partial charge in [-0.1, -0.05) is 121 Å². The molecule has 1 heterocycles. The third kappa shape index (κ3) is 3.78. The average molecular weight is 548 g/mol. The van der Waals surface area contributed by atoms with E-state index in [1.54, 1.807) is 0 Å². The Balaban J connectivity index is 1.40. The van der Waals surface area contributed by atoms with Gasteiger partial charge in [0.15, 0.2) is 0 Å². The highest BCUT2D eigenvalue weighted by Crippen LogP contribution is 2.48. The lowest BCUT2D eigenvalue weighted by atomic mass is 9.89. The van der Waals surface area contributed by atoms with Crippen molar-refractivity contribution in [2.24, 2.45) is 0 Å². The van der Waals surface area contributed by atoms with Crippen molar-refractivity contribution in [3.05, 3.63) is 163 Å². The van der Waals surface area contributed by atoms with Crippen LogP contribution in [0.2, 0.25) is 0 Å². The maximum Gasteiger partial charge on any atom is 0.0546 e. The zero-order valence-electron chi connectivity index (χ0n) is 23.8. The van der Waals surface area contributed by atoms with Crippen molar-refractivity contribution in [3.8, 4) is 11.1 Å². The fourth-order valence-electron chi connectivity index (χ4n) is 7.28. The van der Waals surface area contributed by atoms with Gasteiger partial charge in [0.1, 0.15) is 0 Å². The van der Waals surface area contributed by atoms with Gasteiger partial charge in [0.25, 0.3) is 0 Å². The molecule has 0 atom stereocenters. The number of hydrogen-bond acceptors (Lipinski definition) is 1.